The molecule has 0 aromatic heterocycles. The predicted octanol–water partition coefficient (Wildman–Crippen LogP) is 5.10. The van der Waals surface area contributed by atoms with Crippen LogP contribution in [0, 0.1) is 5.41 Å². The van der Waals surface area contributed by atoms with Crippen LogP contribution in [0.2, 0.25) is 0 Å². The SMILES string of the molecule is C=C(/C=C\C(=C/c1ccccc1)C(CC=N)PCC1=CC=C=C1)NC. The van der Waals surface area contributed by atoms with Crippen molar-refractivity contribution in [2.24, 2.45) is 0 Å². The van der Waals surface area contributed by atoms with Crippen molar-refractivity contribution in [2.45, 2.75) is 12.1 Å². The standard InChI is InChI=1S/C22H25N2P/c1-18(24-2)12-13-21(16-19-8-4-3-5-9-19)22(14-15-23)25-17-20-10-6-7-11-20/h3-6,8-13,15-16,22-25H,1,14,17H2,2H3/b13-12-,21-16+,23-15?. The van der Waals surface area contributed by atoms with Crippen molar-refractivity contribution in [1.82, 2.24) is 5.32 Å². The number of rotatable bonds is 10. The highest BCUT2D eigenvalue weighted by molar-refractivity contribution is 7.39. The molecule has 1 aromatic rings. The van der Waals surface area contributed by atoms with E-state index in [1.807, 2.05) is 43.5 Å². The van der Waals surface area contributed by atoms with Crippen molar-refractivity contribution in [1.29, 1.82) is 5.41 Å². The third kappa shape index (κ3) is 6.55. The predicted molar refractivity (Wildman–Crippen MR) is 113 cm³/mol. The summed E-state index contributed by atoms with van der Waals surface area (Å²) in [7, 11) is 2.59. The van der Waals surface area contributed by atoms with Crippen molar-refractivity contribution < 1.29 is 0 Å². The maximum Gasteiger partial charge on any atom is 0.0264 e. The minimum atomic E-state index is 0.327. The average Bonchev–Trinajstić information content (AvgIpc) is 3.16. The van der Waals surface area contributed by atoms with Gasteiger partial charge in [0.1, 0.15) is 0 Å². The molecule has 0 amide bonds. The molecule has 0 aliphatic heterocycles. The molecule has 0 radical (unpaired) electrons. The summed E-state index contributed by atoms with van der Waals surface area (Å²) >= 11 is 0. The molecule has 1 aliphatic carbocycles. The van der Waals surface area contributed by atoms with Crippen LogP contribution in [0.5, 0.6) is 0 Å². The Hall–Kier alpha value is -2.40. The van der Waals surface area contributed by atoms with Gasteiger partial charge in [-0.15, -0.1) is 14.3 Å². The smallest absolute Gasteiger partial charge is 0.0264 e. The van der Waals surface area contributed by atoms with E-state index in [1.165, 1.54) is 22.9 Å². The molecule has 0 heterocycles. The van der Waals surface area contributed by atoms with E-state index >= 15 is 0 Å². The van der Waals surface area contributed by atoms with E-state index in [1.54, 1.807) is 0 Å². The van der Waals surface area contributed by atoms with Gasteiger partial charge in [0.25, 0.3) is 0 Å². The van der Waals surface area contributed by atoms with Crippen LogP contribution in [0.15, 0.2) is 89.9 Å². The Morgan fingerprint density at radius 2 is 2.12 bits per heavy atom. The Labute approximate surface area is 152 Å². The molecule has 2 nitrogen and oxygen atoms in total. The van der Waals surface area contributed by atoms with Crippen molar-refractivity contribution in [2.75, 3.05) is 13.2 Å². The molecule has 0 spiro atoms. The maximum absolute atomic E-state index is 7.60. The minimum absolute atomic E-state index is 0.327. The van der Waals surface area contributed by atoms with Crippen molar-refractivity contribution in [3.05, 3.63) is 95.4 Å². The van der Waals surface area contributed by atoms with Crippen LogP contribution in [0.3, 0.4) is 0 Å². The molecule has 0 bridgehead atoms. The summed E-state index contributed by atoms with van der Waals surface area (Å²) in [6, 6.07) is 10.3. The Morgan fingerprint density at radius 1 is 1.32 bits per heavy atom. The molecule has 2 rings (SSSR count). The molecular formula is C22H25N2P. The lowest BCUT2D eigenvalue weighted by Crippen LogP contribution is -2.07. The molecule has 3 heteroatoms. The van der Waals surface area contributed by atoms with Crippen LogP contribution < -0.4 is 5.32 Å². The molecule has 1 aromatic carbocycles. The van der Waals surface area contributed by atoms with Crippen LogP contribution in [-0.2, 0) is 0 Å². The quantitative estimate of drug-likeness (QED) is 0.262. The van der Waals surface area contributed by atoms with Gasteiger partial charge < -0.3 is 10.7 Å². The van der Waals surface area contributed by atoms with E-state index in [0.29, 0.717) is 5.66 Å². The normalized spacial score (nSPS) is 15.1. The van der Waals surface area contributed by atoms with Crippen molar-refractivity contribution in [3.63, 3.8) is 0 Å². The summed E-state index contributed by atoms with van der Waals surface area (Å²) in [5, 5.41) is 10.7. The molecule has 0 saturated carbocycles. The summed E-state index contributed by atoms with van der Waals surface area (Å²) in [5.41, 5.74) is 8.05. The third-order valence-corrected chi connectivity index (χ3v) is 5.58. The van der Waals surface area contributed by atoms with Gasteiger partial charge in [-0.05, 0) is 53.7 Å². The van der Waals surface area contributed by atoms with E-state index in [-0.39, 0.29) is 0 Å². The number of hydrogen-bond donors (Lipinski definition) is 2. The Bertz CT molecular complexity index is 747. The lowest BCUT2D eigenvalue weighted by Gasteiger charge is -2.17. The van der Waals surface area contributed by atoms with Crippen LogP contribution in [-0.4, -0.2) is 25.1 Å². The Balaban J connectivity index is 2.23. The van der Waals surface area contributed by atoms with E-state index in [0.717, 1.165) is 26.9 Å². The second kappa shape index (κ2) is 10.5. The second-order valence-corrected chi connectivity index (χ2v) is 7.21. The second-order valence-electron chi connectivity index (χ2n) is 5.76. The summed E-state index contributed by atoms with van der Waals surface area (Å²) in [6.45, 7) is 3.97. The number of nitrogens with one attached hydrogen (secondary N) is 2. The zero-order chi connectivity index (χ0) is 17.9. The third-order valence-electron chi connectivity index (χ3n) is 3.90. The van der Waals surface area contributed by atoms with Gasteiger partial charge in [0.05, 0.1) is 0 Å². The van der Waals surface area contributed by atoms with Gasteiger partial charge in [-0.3, -0.25) is 0 Å². The highest BCUT2D eigenvalue weighted by Crippen LogP contribution is 2.33. The van der Waals surface area contributed by atoms with E-state index in [2.05, 4.69) is 48.0 Å². The summed E-state index contributed by atoms with van der Waals surface area (Å²) < 4.78 is 0. The van der Waals surface area contributed by atoms with Crippen LogP contribution >= 0.6 is 8.58 Å². The van der Waals surface area contributed by atoms with Gasteiger partial charge in [-0.2, -0.15) is 0 Å². The molecular weight excluding hydrogens is 323 g/mol. The maximum atomic E-state index is 7.60. The first kappa shape index (κ1) is 18.9. The first-order chi connectivity index (χ1) is 12.2. The van der Waals surface area contributed by atoms with Crippen molar-refractivity contribution in [3.8, 4) is 0 Å². The first-order valence-corrected chi connectivity index (χ1v) is 9.66. The first-order valence-electron chi connectivity index (χ1n) is 8.38. The van der Waals surface area contributed by atoms with Crippen molar-refractivity contribution >= 4 is 20.9 Å². The number of allylic oxidation sites excluding steroid dienone is 6. The van der Waals surface area contributed by atoms with Crippen LogP contribution in [0.4, 0.5) is 0 Å². The Morgan fingerprint density at radius 3 is 2.76 bits per heavy atom. The summed E-state index contributed by atoms with van der Waals surface area (Å²) in [6.07, 6.45) is 15.8. The zero-order valence-corrected chi connectivity index (χ0v) is 15.6. The fourth-order valence-corrected chi connectivity index (χ4v) is 3.85. The molecule has 2 N–H and O–H groups in total. The van der Waals surface area contributed by atoms with Gasteiger partial charge in [-0.25, -0.2) is 0 Å². The van der Waals surface area contributed by atoms with E-state index in [4.69, 9.17) is 5.41 Å². The van der Waals surface area contributed by atoms with Gasteiger partial charge in [0.15, 0.2) is 0 Å². The fourth-order valence-electron chi connectivity index (χ4n) is 2.45. The Kier molecular flexibility index (Phi) is 7.92. The average molecular weight is 348 g/mol. The topological polar surface area (TPSA) is 35.9 Å². The highest BCUT2D eigenvalue weighted by Gasteiger charge is 2.12. The van der Waals surface area contributed by atoms with Gasteiger partial charge in [0.2, 0.25) is 0 Å². The molecule has 2 unspecified atom stereocenters. The number of likely N-dealkylation sites (N-methyl/N-ethyl adjacent to an activating group) is 1. The highest BCUT2D eigenvalue weighted by atomic mass is 31.1. The summed E-state index contributed by atoms with van der Waals surface area (Å²) in [4.78, 5) is 0. The molecule has 0 fully saturated rings. The number of hydrogen-bond acceptors (Lipinski definition) is 2. The van der Waals surface area contributed by atoms with Gasteiger partial charge >= 0.3 is 0 Å². The monoisotopic (exact) mass is 348 g/mol. The fraction of sp³-hybridized carbons (Fsp3) is 0.182. The molecule has 2 atom stereocenters. The number of benzene rings is 1. The molecule has 1 aliphatic rings. The molecule has 0 saturated heterocycles. The van der Waals surface area contributed by atoms with E-state index in [9.17, 15) is 0 Å². The van der Waals surface area contributed by atoms with Gasteiger partial charge in [0, 0.05) is 18.4 Å². The van der Waals surface area contributed by atoms with Gasteiger partial charge in [-0.1, -0.05) is 55.1 Å². The summed E-state index contributed by atoms with van der Waals surface area (Å²) in [5.74, 6) is 0. The minimum Gasteiger partial charge on any atom is -0.389 e. The lowest BCUT2D eigenvalue weighted by molar-refractivity contribution is 1.03. The molecule has 25 heavy (non-hydrogen) atoms. The largest absolute Gasteiger partial charge is 0.389 e. The molecule has 128 valence electrons. The van der Waals surface area contributed by atoms with Crippen LogP contribution in [0.1, 0.15) is 12.0 Å². The zero-order valence-electron chi connectivity index (χ0n) is 14.6. The van der Waals surface area contributed by atoms with Crippen LogP contribution in [0.25, 0.3) is 6.08 Å². The van der Waals surface area contributed by atoms with E-state index < -0.39 is 0 Å². The lowest BCUT2D eigenvalue weighted by atomic mass is 10.0.